The minimum atomic E-state index is -1.97. The highest BCUT2D eigenvalue weighted by Crippen LogP contribution is 2.29. The van der Waals surface area contributed by atoms with E-state index in [0.717, 1.165) is 24.3 Å². The maximum absolute atomic E-state index is 12.7. The Kier molecular flexibility index (Phi) is 14.1. The van der Waals surface area contributed by atoms with Crippen molar-refractivity contribution in [1.29, 1.82) is 0 Å². The third-order valence-corrected chi connectivity index (χ3v) is 7.31. The van der Waals surface area contributed by atoms with Gasteiger partial charge in [0.1, 0.15) is 0 Å². The van der Waals surface area contributed by atoms with E-state index < -0.39 is 53.9 Å². The van der Waals surface area contributed by atoms with Crippen molar-refractivity contribution in [3.63, 3.8) is 0 Å². The monoisotopic (exact) mass is 566 g/mol. The molecule has 0 amide bonds. The van der Waals surface area contributed by atoms with Crippen LogP contribution in [0, 0.1) is 35.5 Å². The number of carbonyl (C=O) groups excluding carboxylic acids is 3. The summed E-state index contributed by atoms with van der Waals surface area (Å²) in [5, 5.41) is 18.5. The molecule has 2 N–H and O–H groups in total. The minimum absolute atomic E-state index is 0.101. The van der Waals surface area contributed by atoms with E-state index in [-0.39, 0.29) is 17.9 Å². The van der Waals surface area contributed by atoms with Crippen molar-refractivity contribution in [1.82, 2.24) is 0 Å². The van der Waals surface area contributed by atoms with E-state index in [0.29, 0.717) is 11.8 Å². The van der Waals surface area contributed by atoms with Crippen molar-refractivity contribution in [2.24, 2.45) is 35.5 Å². The first-order chi connectivity index (χ1) is 18.6. The predicted octanol–water partition coefficient (Wildman–Crippen LogP) is 4.81. The van der Waals surface area contributed by atoms with Crippen LogP contribution in [-0.2, 0) is 38.2 Å². The zero-order valence-electron chi connectivity index (χ0n) is 25.0. The van der Waals surface area contributed by atoms with Gasteiger partial charge in [-0.1, -0.05) is 59.6 Å². The van der Waals surface area contributed by atoms with Crippen LogP contribution < -0.4 is 0 Å². The van der Waals surface area contributed by atoms with Crippen LogP contribution in [0.2, 0.25) is 0 Å². The number of carboxylic acids is 2. The molecule has 1 rings (SSSR count). The normalized spacial score (nSPS) is 23.4. The molecule has 10 nitrogen and oxygen atoms in total. The molecule has 8 unspecified atom stereocenters. The summed E-state index contributed by atoms with van der Waals surface area (Å²) in [6.45, 7) is 14.5. The van der Waals surface area contributed by atoms with Gasteiger partial charge in [-0.25, -0.2) is 14.4 Å². The summed E-state index contributed by atoms with van der Waals surface area (Å²) in [6.07, 6.45) is 4.28. The number of methoxy groups -OCH3 is 1. The van der Waals surface area contributed by atoms with Crippen LogP contribution >= 0.6 is 0 Å². The highest BCUT2D eigenvalue weighted by Gasteiger charge is 2.55. The number of esters is 3. The first-order valence-electron chi connectivity index (χ1n) is 13.9. The molecule has 0 aliphatic carbocycles. The lowest BCUT2D eigenvalue weighted by molar-refractivity contribution is -0.166. The minimum Gasteiger partial charge on any atom is -0.481 e. The molecule has 1 saturated heterocycles. The van der Waals surface area contributed by atoms with Crippen molar-refractivity contribution in [3.05, 3.63) is 23.3 Å². The molecule has 40 heavy (non-hydrogen) atoms. The number of aliphatic carboxylic acids is 2. The number of carbonyl (C=O) groups is 5. The van der Waals surface area contributed by atoms with Crippen LogP contribution in [0.15, 0.2) is 23.3 Å². The summed E-state index contributed by atoms with van der Waals surface area (Å²) >= 11 is 0. The Hall–Kier alpha value is -3.17. The largest absolute Gasteiger partial charge is 0.481 e. The Morgan fingerprint density at radius 2 is 1.52 bits per heavy atom. The summed E-state index contributed by atoms with van der Waals surface area (Å²) in [4.78, 5) is 60.1. The highest BCUT2D eigenvalue weighted by atomic mass is 16.6. The van der Waals surface area contributed by atoms with Gasteiger partial charge in [0.05, 0.1) is 13.0 Å². The molecule has 0 bridgehead atoms. The molecule has 0 aromatic rings. The van der Waals surface area contributed by atoms with Crippen molar-refractivity contribution in [2.75, 3.05) is 7.11 Å². The SMILES string of the molecule is CCC(C)CC(C)CC(C)CC(C)C=C(C)C=C(CC(C)C(=O)OC1C(=O)OC(C(=O)O)C1C(=O)O)C(=O)OC. The van der Waals surface area contributed by atoms with Gasteiger partial charge in [-0.3, -0.25) is 9.59 Å². The lowest BCUT2D eigenvalue weighted by Crippen LogP contribution is -2.40. The maximum atomic E-state index is 12.7. The molecule has 1 heterocycles. The number of hydrogen-bond acceptors (Lipinski definition) is 8. The van der Waals surface area contributed by atoms with Gasteiger partial charge in [0.15, 0.2) is 5.92 Å². The molecule has 1 aliphatic heterocycles. The summed E-state index contributed by atoms with van der Waals surface area (Å²) in [5.74, 6) is -6.84. The maximum Gasteiger partial charge on any atom is 0.349 e. The first-order valence-corrected chi connectivity index (χ1v) is 13.9. The van der Waals surface area contributed by atoms with Crippen molar-refractivity contribution < 1.29 is 48.4 Å². The molecule has 226 valence electrons. The lowest BCUT2D eigenvalue weighted by Gasteiger charge is -2.21. The number of rotatable bonds is 16. The average Bonchev–Trinajstić information content (AvgIpc) is 3.18. The molecule has 0 radical (unpaired) electrons. The summed E-state index contributed by atoms with van der Waals surface area (Å²) in [6, 6.07) is 0. The van der Waals surface area contributed by atoms with Crippen LogP contribution in [0.1, 0.15) is 80.6 Å². The van der Waals surface area contributed by atoms with Gasteiger partial charge in [0.2, 0.25) is 12.2 Å². The van der Waals surface area contributed by atoms with E-state index in [9.17, 15) is 29.1 Å². The molecule has 0 aromatic heterocycles. The Labute approximate surface area is 237 Å². The smallest absolute Gasteiger partial charge is 0.349 e. The number of cyclic esters (lactones) is 1. The Morgan fingerprint density at radius 3 is 2.05 bits per heavy atom. The van der Waals surface area contributed by atoms with Gasteiger partial charge in [-0.05, 0) is 62.4 Å². The van der Waals surface area contributed by atoms with Crippen LogP contribution in [0.4, 0.5) is 0 Å². The fourth-order valence-electron chi connectivity index (χ4n) is 5.35. The van der Waals surface area contributed by atoms with E-state index in [1.165, 1.54) is 26.9 Å². The third kappa shape index (κ3) is 10.8. The first kappa shape index (κ1) is 34.9. The number of carboxylic acid groups (broad SMARTS) is 2. The van der Waals surface area contributed by atoms with Crippen molar-refractivity contribution >= 4 is 29.8 Å². The molecule has 0 aromatic carbocycles. The Balaban J connectivity index is 2.91. The Bertz CT molecular complexity index is 981. The van der Waals surface area contributed by atoms with Crippen LogP contribution in [0.5, 0.6) is 0 Å². The number of hydrogen-bond donors (Lipinski definition) is 2. The second kappa shape index (κ2) is 16.2. The van der Waals surface area contributed by atoms with E-state index in [1.807, 2.05) is 6.92 Å². The zero-order chi connectivity index (χ0) is 30.7. The molecule has 0 spiro atoms. The van der Waals surface area contributed by atoms with E-state index in [1.54, 1.807) is 6.08 Å². The van der Waals surface area contributed by atoms with Crippen molar-refractivity contribution in [2.45, 2.75) is 92.8 Å². The lowest BCUT2D eigenvalue weighted by atomic mass is 9.84. The fourth-order valence-corrected chi connectivity index (χ4v) is 5.35. The van der Waals surface area contributed by atoms with Gasteiger partial charge in [0, 0.05) is 5.57 Å². The fraction of sp³-hybridized carbons (Fsp3) is 0.700. The van der Waals surface area contributed by atoms with Gasteiger partial charge in [-0.15, -0.1) is 0 Å². The molecular formula is C30H46O10. The van der Waals surface area contributed by atoms with Crippen LogP contribution in [0.25, 0.3) is 0 Å². The molecular weight excluding hydrogens is 520 g/mol. The summed E-state index contributed by atoms with van der Waals surface area (Å²) < 4.78 is 14.6. The van der Waals surface area contributed by atoms with Crippen molar-refractivity contribution in [3.8, 4) is 0 Å². The van der Waals surface area contributed by atoms with E-state index in [4.69, 9.17) is 14.6 Å². The van der Waals surface area contributed by atoms with E-state index in [2.05, 4.69) is 45.4 Å². The molecule has 10 heteroatoms. The van der Waals surface area contributed by atoms with Gasteiger partial charge in [0.25, 0.3) is 0 Å². The average molecular weight is 567 g/mol. The predicted molar refractivity (Wildman–Crippen MR) is 147 cm³/mol. The van der Waals surface area contributed by atoms with Crippen LogP contribution in [0.3, 0.4) is 0 Å². The number of ether oxygens (including phenoxy) is 3. The van der Waals surface area contributed by atoms with Crippen LogP contribution in [-0.4, -0.2) is 59.4 Å². The standard InChI is InChI=1S/C30H46O10/c1-9-16(2)10-17(3)11-18(4)12-19(5)13-20(6)14-22(29(36)38-8)15-21(7)28(35)40-25-23(26(31)32)24(27(33)34)39-30(25)37/h13-14,16-19,21,23-25H,9-12,15H2,1-8H3,(H,31,32)(H,33,34). The zero-order valence-corrected chi connectivity index (χ0v) is 25.0. The highest BCUT2D eigenvalue weighted by molar-refractivity contribution is 5.95. The topological polar surface area (TPSA) is 154 Å². The quantitative estimate of drug-likeness (QED) is 0.115. The Morgan fingerprint density at radius 1 is 0.950 bits per heavy atom. The molecule has 0 saturated carbocycles. The summed E-state index contributed by atoms with van der Waals surface area (Å²) in [7, 11) is 1.22. The molecule has 1 fully saturated rings. The second-order valence-electron chi connectivity index (χ2n) is 11.5. The summed E-state index contributed by atoms with van der Waals surface area (Å²) in [5.41, 5.74) is 1.03. The van der Waals surface area contributed by atoms with E-state index >= 15 is 0 Å². The van der Waals surface area contributed by atoms with Gasteiger partial charge in [-0.2, -0.15) is 0 Å². The number of allylic oxidation sites excluding steroid dienone is 3. The molecule has 1 aliphatic rings. The molecule has 8 atom stereocenters. The third-order valence-electron chi connectivity index (χ3n) is 7.31. The van der Waals surface area contributed by atoms with Gasteiger partial charge >= 0.3 is 29.8 Å². The van der Waals surface area contributed by atoms with Gasteiger partial charge < -0.3 is 24.4 Å². The second-order valence-corrected chi connectivity index (χ2v) is 11.5.